The maximum absolute atomic E-state index is 12.5. The highest BCUT2D eigenvalue weighted by molar-refractivity contribution is 7.89. The number of hydrogen-bond acceptors (Lipinski definition) is 5. The van der Waals surface area contributed by atoms with Crippen LogP contribution in [0.15, 0.2) is 41.3 Å². The number of sulfonamides is 1. The van der Waals surface area contributed by atoms with Crippen molar-refractivity contribution in [2.75, 3.05) is 12.3 Å². The van der Waals surface area contributed by atoms with E-state index in [0.29, 0.717) is 16.5 Å². The minimum absolute atomic E-state index is 0. The van der Waals surface area contributed by atoms with E-state index in [0.717, 1.165) is 0 Å². The molecule has 1 unspecified atom stereocenters. The fourth-order valence-electron chi connectivity index (χ4n) is 2.13. The number of carbonyl (C=O) groups is 1. The number of carbonyl (C=O) groups excluding carboxylic acids is 1. The van der Waals surface area contributed by atoms with Crippen molar-refractivity contribution in [2.24, 2.45) is 0 Å². The number of nitrogens with two attached hydrogens (primary N) is 1. The molecule has 0 amide bonds. The summed E-state index contributed by atoms with van der Waals surface area (Å²) in [6, 6.07) is 9.10. The number of ether oxygens (including phenoxy) is 1. The number of nitrogen functional groups attached to an aromatic ring is 1. The predicted octanol–water partition coefficient (Wildman–Crippen LogP) is 2.07. The molecular weight excluding hydrogens is 340 g/mol. The molecule has 2 aromatic rings. The Morgan fingerprint density at radius 2 is 1.96 bits per heavy atom. The van der Waals surface area contributed by atoms with Crippen molar-refractivity contribution in [1.82, 2.24) is 4.72 Å². The number of rotatable bonds is 5. The molecule has 23 heavy (non-hydrogen) atoms. The topological polar surface area (TPSA) is 98.5 Å². The molecule has 6 nitrogen and oxygen atoms in total. The molecule has 0 bridgehead atoms. The van der Waals surface area contributed by atoms with Gasteiger partial charge >= 0.3 is 5.97 Å². The Hall–Kier alpha value is -1.83. The van der Waals surface area contributed by atoms with Crippen LogP contribution in [0.4, 0.5) is 5.69 Å². The van der Waals surface area contributed by atoms with Gasteiger partial charge in [0.2, 0.25) is 10.0 Å². The van der Waals surface area contributed by atoms with Gasteiger partial charge in [-0.3, -0.25) is 4.79 Å². The summed E-state index contributed by atoms with van der Waals surface area (Å²) in [5.74, 6) is -0.626. The molecule has 0 radical (unpaired) electrons. The van der Waals surface area contributed by atoms with Crippen LogP contribution in [0.2, 0.25) is 0 Å². The minimum Gasteiger partial charge on any atom is -0.465 e. The summed E-state index contributed by atoms with van der Waals surface area (Å²) in [6.07, 6.45) is 0. The quantitative estimate of drug-likeness (QED) is 0.629. The Balaban J connectivity index is 0.00000264. The van der Waals surface area contributed by atoms with E-state index in [-0.39, 0.29) is 23.9 Å². The molecule has 0 aromatic heterocycles. The second-order valence-electron chi connectivity index (χ2n) is 4.84. The molecule has 2 aromatic carbocycles. The summed E-state index contributed by atoms with van der Waals surface area (Å²) >= 11 is 0. The third-order valence-corrected chi connectivity index (χ3v) is 4.69. The van der Waals surface area contributed by atoms with Crippen molar-refractivity contribution in [3.05, 3.63) is 36.4 Å². The summed E-state index contributed by atoms with van der Waals surface area (Å²) in [5.41, 5.74) is 6.11. The summed E-state index contributed by atoms with van der Waals surface area (Å²) < 4.78 is 32.2. The van der Waals surface area contributed by atoms with Crippen LogP contribution >= 0.6 is 12.4 Å². The molecular formula is C15H19ClN2O4S. The van der Waals surface area contributed by atoms with Gasteiger partial charge < -0.3 is 10.5 Å². The largest absolute Gasteiger partial charge is 0.465 e. The van der Waals surface area contributed by atoms with E-state index in [1.165, 1.54) is 13.0 Å². The number of benzene rings is 2. The van der Waals surface area contributed by atoms with Crippen LogP contribution in [0.5, 0.6) is 0 Å². The van der Waals surface area contributed by atoms with Crippen LogP contribution in [-0.2, 0) is 19.6 Å². The lowest BCUT2D eigenvalue weighted by atomic mass is 10.1. The van der Waals surface area contributed by atoms with Gasteiger partial charge in [-0.2, -0.15) is 4.72 Å². The Bertz CT molecular complexity index is 808. The normalized spacial score (nSPS) is 12.4. The highest BCUT2D eigenvalue weighted by atomic mass is 35.5. The smallest absolute Gasteiger partial charge is 0.323 e. The van der Waals surface area contributed by atoms with Crippen LogP contribution < -0.4 is 10.5 Å². The summed E-state index contributed by atoms with van der Waals surface area (Å²) in [4.78, 5) is 11.6. The Kier molecular flexibility index (Phi) is 6.37. The van der Waals surface area contributed by atoms with Crippen molar-refractivity contribution in [3.63, 3.8) is 0 Å². The van der Waals surface area contributed by atoms with E-state index >= 15 is 0 Å². The lowest BCUT2D eigenvalue weighted by Crippen LogP contribution is -2.39. The summed E-state index contributed by atoms with van der Waals surface area (Å²) in [6.45, 7) is 3.28. The van der Waals surface area contributed by atoms with Crippen LogP contribution in [0.3, 0.4) is 0 Å². The third kappa shape index (κ3) is 4.34. The fourth-order valence-corrected chi connectivity index (χ4v) is 3.59. The van der Waals surface area contributed by atoms with Gasteiger partial charge in [0.15, 0.2) is 0 Å². The van der Waals surface area contributed by atoms with Crippen LogP contribution in [0.25, 0.3) is 10.8 Å². The average Bonchev–Trinajstić information content (AvgIpc) is 2.46. The second kappa shape index (κ2) is 7.63. The molecule has 0 fully saturated rings. The predicted molar refractivity (Wildman–Crippen MR) is 92.0 cm³/mol. The van der Waals surface area contributed by atoms with E-state index < -0.39 is 22.0 Å². The van der Waals surface area contributed by atoms with E-state index in [1.54, 1.807) is 37.3 Å². The molecule has 2 rings (SSSR count). The molecule has 0 aliphatic heterocycles. The first-order valence-electron chi connectivity index (χ1n) is 6.82. The SMILES string of the molecule is CCOC(=O)C(C)NS(=O)(=O)c1cc(N)cc2ccccc12.Cl. The first-order chi connectivity index (χ1) is 10.3. The molecule has 0 aliphatic carbocycles. The molecule has 0 saturated heterocycles. The maximum atomic E-state index is 12.5. The van der Waals surface area contributed by atoms with Crippen LogP contribution in [0.1, 0.15) is 13.8 Å². The van der Waals surface area contributed by atoms with E-state index in [9.17, 15) is 13.2 Å². The number of anilines is 1. The number of hydrogen-bond donors (Lipinski definition) is 2. The van der Waals surface area contributed by atoms with Crippen molar-refractivity contribution in [1.29, 1.82) is 0 Å². The minimum atomic E-state index is -3.90. The molecule has 3 N–H and O–H groups in total. The second-order valence-corrected chi connectivity index (χ2v) is 6.52. The van der Waals surface area contributed by atoms with Gasteiger partial charge in [0.1, 0.15) is 6.04 Å². The molecule has 0 spiro atoms. The van der Waals surface area contributed by atoms with Crippen molar-refractivity contribution < 1.29 is 17.9 Å². The number of nitrogens with one attached hydrogen (secondary N) is 1. The average molecular weight is 359 g/mol. The van der Waals surface area contributed by atoms with E-state index in [1.807, 2.05) is 0 Å². The van der Waals surface area contributed by atoms with Gasteiger partial charge in [0.05, 0.1) is 11.5 Å². The lowest BCUT2D eigenvalue weighted by Gasteiger charge is -2.15. The van der Waals surface area contributed by atoms with Crippen LogP contribution in [-0.4, -0.2) is 27.0 Å². The molecule has 126 valence electrons. The summed E-state index contributed by atoms with van der Waals surface area (Å²) in [5, 5.41) is 1.26. The number of esters is 1. The molecule has 0 aliphatic rings. The monoisotopic (exact) mass is 358 g/mol. The Labute approximate surface area is 141 Å². The number of halogens is 1. The zero-order valence-electron chi connectivity index (χ0n) is 12.8. The van der Waals surface area contributed by atoms with E-state index in [4.69, 9.17) is 10.5 Å². The summed E-state index contributed by atoms with van der Waals surface area (Å²) in [7, 11) is -3.90. The van der Waals surface area contributed by atoms with Gasteiger partial charge in [0.25, 0.3) is 0 Å². The van der Waals surface area contributed by atoms with Crippen molar-refractivity contribution in [3.8, 4) is 0 Å². The van der Waals surface area contributed by atoms with Crippen LogP contribution in [0, 0.1) is 0 Å². The van der Waals surface area contributed by atoms with Crippen molar-refractivity contribution >= 4 is 44.9 Å². The third-order valence-electron chi connectivity index (χ3n) is 3.11. The fraction of sp³-hybridized carbons (Fsp3) is 0.267. The lowest BCUT2D eigenvalue weighted by molar-refractivity contribution is -0.144. The van der Waals surface area contributed by atoms with Gasteiger partial charge in [-0.25, -0.2) is 8.42 Å². The highest BCUT2D eigenvalue weighted by Gasteiger charge is 2.24. The first kappa shape index (κ1) is 19.2. The van der Waals surface area contributed by atoms with Gasteiger partial charge in [-0.1, -0.05) is 24.3 Å². The van der Waals surface area contributed by atoms with Gasteiger partial charge in [0, 0.05) is 11.1 Å². The van der Waals surface area contributed by atoms with Gasteiger partial charge in [-0.05, 0) is 31.4 Å². The Morgan fingerprint density at radius 1 is 1.30 bits per heavy atom. The maximum Gasteiger partial charge on any atom is 0.323 e. The highest BCUT2D eigenvalue weighted by Crippen LogP contribution is 2.26. The van der Waals surface area contributed by atoms with E-state index in [2.05, 4.69) is 4.72 Å². The molecule has 0 heterocycles. The zero-order chi connectivity index (χ0) is 16.3. The standard InChI is InChI=1S/C15H18N2O4S.ClH/c1-3-21-15(18)10(2)17-22(19,20)14-9-12(16)8-11-6-4-5-7-13(11)14;/h4-10,17H,3,16H2,1-2H3;1H. The molecule has 1 atom stereocenters. The van der Waals surface area contributed by atoms with Gasteiger partial charge in [-0.15, -0.1) is 12.4 Å². The zero-order valence-corrected chi connectivity index (χ0v) is 14.4. The first-order valence-corrected chi connectivity index (χ1v) is 8.30. The molecule has 0 saturated carbocycles. The Morgan fingerprint density at radius 3 is 2.61 bits per heavy atom. The number of fused-ring (bicyclic) bond motifs is 1. The molecule has 8 heteroatoms. The van der Waals surface area contributed by atoms with Crippen molar-refractivity contribution in [2.45, 2.75) is 24.8 Å².